The number of nitrogens with one attached hydrogen (secondary N) is 1. The molecule has 0 saturated carbocycles. The summed E-state index contributed by atoms with van der Waals surface area (Å²) in [5, 5.41) is 12.5. The molecule has 0 fully saturated rings. The molecule has 3 rings (SSSR count). The summed E-state index contributed by atoms with van der Waals surface area (Å²) in [6.07, 6.45) is 1.78. The van der Waals surface area contributed by atoms with Gasteiger partial charge in [-0.1, -0.05) is 24.3 Å². The van der Waals surface area contributed by atoms with Crippen molar-refractivity contribution in [2.75, 3.05) is 0 Å². The lowest BCUT2D eigenvalue weighted by Gasteiger charge is -2.09. The average Bonchev–Trinajstić information content (AvgIpc) is 3.27. The molecule has 0 amide bonds. The highest BCUT2D eigenvalue weighted by Crippen LogP contribution is 2.11. The molecule has 0 saturated heterocycles. The van der Waals surface area contributed by atoms with Crippen LogP contribution in [-0.4, -0.2) is 42.5 Å². The summed E-state index contributed by atoms with van der Waals surface area (Å²) in [5.41, 5.74) is 2.34. The van der Waals surface area contributed by atoms with Crippen molar-refractivity contribution in [3.63, 3.8) is 0 Å². The van der Waals surface area contributed by atoms with E-state index in [9.17, 15) is 14.4 Å². The van der Waals surface area contributed by atoms with Crippen LogP contribution < -0.4 is 0 Å². The van der Waals surface area contributed by atoms with Crippen molar-refractivity contribution in [2.24, 2.45) is 0 Å². The molecular formula is C17H15N5O3. The fourth-order valence-electron chi connectivity index (χ4n) is 2.43. The van der Waals surface area contributed by atoms with Gasteiger partial charge in [0, 0.05) is 24.0 Å². The molecule has 2 heterocycles. The number of carbonyl (C=O) groups excluding carboxylic acids is 3. The number of hydrogen-bond acceptors (Lipinski definition) is 6. The highest BCUT2D eigenvalue weighted by molar-refractivity contribution is 6.42. The van der Waals surface area contributed by atoms with Crippen LogP contribution >= 0.6 is 0 Å². The maximum atomic E-state index is 12.1. The molecule has 8 nitrogen and oxygen atoms in total. The lowest BCUT2D eigenvalue weighted by Crippen LogP contribution is -2.20. The highest BCUT2D eigenvalue weighted by Gasteiger charge is 2.21. The van der Waals surface area contributed by atoms with Crippen molar-refractivity contribution in [2.45, 2.75) is 19.9 Å². The first-order valence-electron chi connectivity index (χ1n) is 7.59. The van der Waals surface area contributed by atoms with Crippen molar-refractivity contribution < 1.29 is 14.4 Å². The minimum atomic E-state index is -0.771. The van der Waals surface area contributed by atoms with Crippen LogP contribution in [0.1, 0.15) is 39.2 Å². The summed E-state index contributed by atoms with van der Waals surface area (Å²) in [6.45, 7) is 2.05. The Kier molecular flexibility index (Phi) is 4.60. The van der Waals surface area contributed by atoms with Gasteiger partial charge in [0.05, 0.1) is 6.42 Å². The van der Waals surface area contributed by atoms with Crippen LogP contribution in [0.5, 0.6) is 0 Å². The number of tetrazole rings is 1. The molecule has 25 heavy (non-hydrogen) atoms. The van der Waals surface area contributed by atoms with Gasteiger partial charge in [0.1, 0.15) is 0 Å². The molecule has 0 aliphatic heterocycles. The summed E-state index contributed by atoms with van der Waals surface area (Å²) in [4.78, 5) is 35.4. The maximum absolute atomic E-state index is 12.1. The first-order chi connectivity index (χ1) is 12.0. The summed E-state index contributed by atoms with van der Waals surface area (Å²) in [5.74, 6) is -1.60. The van der Waals surface area contributed by atoms with E-state index in [1.165, 1.54) is 6.92 Å². The van der Waals surface area contributed by atoms with Crippen molar-refractivity contribution >= 4 is 17.3 Å². The van der Waals surface area contributed by atoms with Gasteiger partial charge >= 0.3 is 0 Å². The zero-order valence-corrected chi connectivity index (χ0v) is 13.5. The van der Waals surface area contributed by atoms with Crippen LogP contribution in [0.4, 0.5) is 0 Å². The number of ketones is 3. The Labute approximate surface area is 142 Å². The molecule has 8 heteroatoms. The van der Waals surface area contributed by atoms with Crippen molar-refractivity contribution in [3.8, 4) is 0 Å². The van der Waals surface area contributed by atoms with E-state index in [2.05, 4.69) is 20.6 Å². The number of hydrogen-bond donors (Lipinski definition) is 1. The van der Waals surface area contributed by atoms with Gasteiger partial charge in [0.25, 0.3) is 5.78 Å². The Balaban J connectivity index is 1.71. The minimum absolute atomic E-state index is 0.0128. The van der Waals surface area contributed by atoms with Gasteiger partial charge in [-0.2, -0.15) is 5.21 Å². The van der Waals surface area contributed by atoms with Crippen LogP contribution in [0, 0.1) is 0 Å². The summed E-state index contributed by atoms with van der Waals surface area (Å²) in [7, 11) is 0. The molecule has 0 aliphatic rings. The zero-order chi connectivity index (χ0) is 17.8. The third-order valence-corrected chi connectivity index (χ3v) is 3.78. The topological polar surface area (TPSA) is 111 Å². The molecule has 2 aromatic heterocycles. The second kappa shape index (κ2) is 7.00. The van der Waals surface area contributed by atoms with Crippen LogP contribution in [-0.2, 0) is 17.8 Å². The molecule has 0 atom stereocenters. The monoisotopic (exact) mass is 337 g/mol. The molecule has 0 unspecified atom stereocenters. The van der Waals surface area contributed by atoms with E-state index in [0.717, 1.165) is 5.56 Å². The molecule has 1 N–H and O–H groups in total. The Morgan fingerprint density at radius 2 is 1.88 bits per heavy atom. The fourth-order valence-corrected chi connectivity index (χ4v) is 2.43. The number of nitrogens with zero attached hydrogens (tertiary/aromatic N) is 4. The molecule has 0 spiro atoms. The van der Waals surface area contributed by atoms with Gasteiger partial charge in [-0.25, -0.2) is 0 Å². The maximum Gasteiger partial charge on any atom is 0.269 e. The molecule has 1 aromatic carbocycles. The van der Waals surface area contributed by atoms with Gasteiger partial charge in [0.15, 0.2) is 5.78 Å². The predicted octanol–water partition coefficient (Wildman–Crippen LogP) is 1.25. The Morgan fingerprint density at radius 3 is 2.52 bits per heavy atom. The standard InChI is InChI=1S/C17H15N5O3/c1-11(23)13-6-4-12(5-7-13)10-22-8-2-3-14(22)9-15(24)16(25)17-18-20-21-19-17/h2-8H,9-10H2,1H3,(H,18,19,20,21). The van der Waals surface area contributed by atoms with E-state index >= 15 is 0 Å². The number of Topliss-reactive ketones (excluding diaryl/α,β-unsaturated/α-hetero) is 3. The second-order valence-electron chi connectivity index (χ2n) is 5.55. The second-order valence-corrected chi connectivity index (χ2v) is 5.55. The molecule has 126 valence electrons. The van der Waals surface area contributed by atoms with Crippen molar-refractivity contribution in [3.05, 3.63) is 65.2 Å². The molecule has 0 bridgehead atoms. The first-order valence-corrected chi connectivity index (χ1v) is 7.59. The number of aromatic nitrogens is 5. The lowest BCUT2D eigenvalue weighted by molar-refractivity contribution is -0.114. The Morgan fingerprint density at radius 1 is 1.12 bits per heavy atom. The van der Waals surface area contributed by atoms with Crippen LogP contribution in [0.2, 0.25) is 0 Å². The quantitative estimate of drug-likeness (QED) is 0.513. The number of rotatable bonds is 7. The van der Waals surface area contributed by atoms with Crippen LogP contribution in [0.15, 0.2) is 42.6 Å². The lowest BCUT2D eigenvalue weighted by atomic mass is 10.1. The number of aromatic amines is 1. The van der Waals surface area contributed by atoms with Gasteiger partial charge < -0.3 is 4.57 Å². The largest absolute Gasteiger partial charge is 0.347 e. The third-order valence-electron chi connectivity index (χ3n) is 3.78. The van der Waals surface area contributed by atoms with Gasteiger partial charge in [-0.05, 0) is 29.8 Å². The van der Waals surface area contributed by atoms with E-state index in [-0.39, 0.29) is 18.0 Å². The minimum Gasteiger partial charge on any atom is -0.347 e. The van der Waals surface area contributed by atoms with E-state index in [1.807, 2.05) is 29.0 Å². The zero-order valence-electron chi connectivity index (χ0n) is 13.5. The smallest absolute Gasteiger partial charge is 0.269 e. The van der Waals surface area contributed by atoms with Gasteiger partial charge in [0.2, 0.25) is 11.6 Å². The van der Waals surface area contributed by atoms with E-state index in [1.54, 1.807) is 18.2 Å². The number of H-pyrrole nitrogens is 1. The SMILES string of the molecule is CC(=O)c1ccc(Cn2cccc2CC(=O)C(=O)c2nn[nH]n2)cc1. The average molecular weight is 337 g/mol. The number of carbonyl (C=O) groups is 3. The van der Waals surface area contributed by atoms with Crippen molar-refractivity contribution in [1.29, 1.82) is 0 Å². The van der Waals surface area contributed by atoms with Crippen LogP contribution in [0.25, 0.3) is 0 Å². The molecule has 0 radical (unpaired) electrons. The Bertz CT molecular complexity index is 910. The molecule has 3 aromatic rings. The first kappa shape index (κ1) is 16.4. The number of benzene rings is 1. The molecule has 0 aliphatic carbocycles. The summed E-state index contributed by atoms with van der Waals surface area (Å²) < 4.78 is 1.88. The van der Waals surface area contributed by atoms with Gasteiger partial charge in [-0.3, -0.25) is 14.4 Å². The van der Waals surface area contributed by atoms with Crippen molar-refractivity contribution in [1.82, 2.24) is 25.2 Å². The van der Waals surface area contributed by atoms with E-state index < -0.39 is 11.6 Å². The van der Waals surface area contributed by atoms with E-state index in [4.69, 9.17) is 0 Å². The third kappa shape index (κ3) is 3.74. The predicted molar refractivity (Wildman–Crippen MR) is 87.2 cm³/mol. The van der Waals surface area contributed by atoms with Gasteiger partial charge in [-0.15, -0.1) is 10.2 Å². The summed E-state index contributed by atoms with van der Waals surface area (Å²) in [6, 6.07) is 10.9. The fraction of sp³-hybridized carbons (Fsp3) is 0.176. The summed E-state index contributed by atoms with van der Waals surface area (Å²) >= 11 is 0. The van der Waals surface area contributed by atoms with Crippen LogP contribution in [0.3, 0.4) is 0 Å². The van der Waals surface area contributed by atoms with E-state index in [0.29, 0.717) is 17.8 Å². The molecular weight excluding hydrogens is 322 g/mol. The Hall–Kier alpha value is -3.42. The highest BCUT2D eigenvalue weighted by atomic mass is 16.2. The normalized spacial score (nSPS) is 10.6.